The molecule has 0 amide bonds. The average molecular weight is 425 g/mol. The largest absolute Gasteiger partial charge is 0.493 e. The van der Waals surface area contributed by atoms with Gasteiger partial charge >= 0.3 is 0 Å². The first kappa shape index (κ1) is 20.5. The number of nitrogens with zero attached hydrogens (tertiary/aromatic N) is 5. The Morgan fingerprint density at radius 2 is 1.55 bits per heavy atom. The van der Waals surface area contributed by atoms with E-state index in [-0.39, 0.29) is 5.69 Å². The Kier molecular flexibility index (Phi) is 5.61. The zero-order valence-electron chi connectivity index (χ0n) is 17.6. The van der Waals surface area contributed by atoms with Gasteiger partial charge in [-0.2, -0.15) is 0 Å². The van der Waals surface area contributed by atoms with Gasteiger partial charge in [-0.25, -0.2) is 9.97 Å². The van der Waals surface area contributed by atoms with E-state index in [1.807, 2.05) is 6.07 Å². The lowest BCUT2D eigenvalue weighted by atomic mass is 10.1. The van der Waals surface area contributed by atoms with E-state index in [4.69, 9.17) is 14.2 Å². The molecule has 10 nitrogen and oxygen atoms in total. The third-order valence-corrected chi connectivity index (χ3v) is 5.41. The Morgan fingerprint density at radius 3 is 2.13 bits per heavy atom. The number of nitro groups is 1. The van der Waals surface area contributed by atoms with Crippen LogP contribution in [0.1, 0.15) is 0 Å². The number of nitro benzene ring substituents is 1. The molecule has 0 unspecified atom stereocenters. The molecule has 1 fully saturated rings. The smallest absolute Gasteiger partial charge is 0.269 e. The Labute approximate surface area is 179 Å². The standard InChI is InChI=1S/C21H23N5O5/c1-29-17-12-16-18(20(31-3)19(17)30-2)21(23-13-22-16)25-10-8-24(9-11-25)14-4-6-15(7-5-14)26(27)28/h4-7,12-13H,8-11H2,1-3H3. The van der Waals surface area contributed by atoms with Gasteiger partial charge in [0.1, 0.15) is 12.1 Å². The van der Waals surface area contributed by atoms with E-state index < -0.39 is 4.92 Å². The van der Waals surface area contributed by atoms with E-state index in [1.165, 1.54) is 18.5 Å². The summed E-state index contributed by atoms with van der Waals surface area (Å²) in [6.45, 7) is 2.94. The summed E-state index contributed by atoms with van der Waals surface area (Å²) in [4.78, 5) is 23.8. The molecular formula is C21H23N5O5. The Morgan fingerprint density at radius 1 is 0.903 bits per heavy atom. The molecule has 162 valence electrons. The summed E-state index contributed by atoms with van der Waals surface area (Å²) in [6, 6.07) is 8.45. The van der Waals surface area contributed by atoms with Crippen molar-refractivity contribution in [2.45, 2.75) is 0 Å². The van der Waals surface area contributed by atoms with Crippen molar-refractivity contribution in [2.24, 2.45) is 0 Å². The molecule has 0 atom stereocenters. The highest BCUT2D eigenvalue weighted by Crippen LogP contribution is 2.45. The molecule has 0 radical (unpaired) electrons. The monoisotopic (exact) mass is 425 g/mol. The van der Waals surface area contributed by atoms with Crippen molar-refractivity contribution in [3.05, 3.63) is 46.8 Å². The molecule has 0 saturated carbocycles. The van der Waals surface area contributed by atoms with Crippen molar-refractivity contribution in [1.29, 1.82) is 0 Å². The minimum absolute atomic E-state index is 0.0892. The molecule has 1 aromatic heterocycles. The lowest BCUT2D eigenvalue weighted by Crippen LogP contribution is -2.46. The van der Waals surface area contributed by atoms with Crippen molar-refractivity contribution in [2.75, 3.05) is 57.3 Å². The number of methoxy groups -OCH3 is 3. The number of fused-ring (bicyclic) bond motifs is 1. The van der Waals surface area contributed by atoms with Gasteiger partial charge in [0.05, 0.1) is 37.2 Å². The van der Waals surface area contributed by atoms with Crippen molar-refractivity contribution >= 4 is 28.1 Å². The number of ether oxygens (including phenoxy) is 3. The van der Waals surface area contributed by atoms with Crippen molar-refractivity contribution < 1.29 is 19.1 Å². The molecule has 31 heavy (non-hydrogen) atoms. The number of piperazine rings is 1. The third kappa shape index (κ3) is 3.72. The highest BCUT2D eigenvalue weighted by atomic mass is 16.6. The fourth-order valence-corrected chi connectivity index (χ4v) is 3.87. The van der Waals surface area contributed by atoms with Crippen LogP contribution >= 0.6 is 0 Å². The maximum absolute atomic E-state index is 10.9. The maximum Gasteiger partial charge on any atom is 0.269 e. The zero-order valence-corrected chi connectivity index (χ0v) is 17.6. The molecule has 0 bridgehead atoms. The second-order valence-electron chi connectivity index (χ2n) is 6.98. The maximum atomic E-state index is 10.9. The number of non-ortho nitro benzene ring substituents is 1. The third-order valence-electron chi connectivity index (χ3n) is 5.41. The summed E-state index contributed by atoms with van der Waals surface area (Å²) in [5.41, 5.74) is 1.75. The number of anilines is 2. The number of benzene rings is 2. The molecule has 3 aromatic rings. The van der Waals surface area contributed by atoms with Crippen molar-refractivity contribution in [3.63, 3.8) is 0 Å². The minimum Gasteiger partial charge on any atom is -0.493 e. The average Bonchev–Trinajstić information content (AvgIpc) is 2.82. The van der Waals surface area contributed by atoms with E-state index in [2.05, 4.69) is 19.8 Å². The van der Waals surface area contributed by atoms with Gasteiger partial charge in [-0.15, -0.1) is 0 Å². The van der Waals surface area contributed by atoms with Gasteiger partial charge in [0.25, 0.3) is 5.69 Å². The molecular weight excluding hydrogens is 402 g/mol. The van der Waals surface area contributed by atoms with Crippen molar-refractivity contribution in [1.82, 2.24) is 9.97 Å². The second-order valence-corrected chi connectivity index (χ2v) is 6.98. The molecule has 2 aromatic carbocycles. The fourth-order valence-electron chi connectivity index (χ4n) is 3.87. The summed E-state index contributed by atoms with van der Waals surface area (Å²) in [5.74, 6) is 2.34. The quantitative estimate of drug-likeness (QED) is 0.435. The fraction of sp³-hybridized carbons (Fsp3) is 0.333. The number of hydrogen-bond donors (Lipinski definition) is 0. The molecule has 1 aliphatic rings. The predicted molar refractivity (Wildman–Crippen MR) is 117 cm³/mol. The van der Waals surface area contributed by atoms with Crippen LogP contribution < -0.4 is 24.0 Å². The van der Waals surface area contributed by atoms with Gasteiger partial charge in [-0.3, -0.25) is 10.1 Å². The lowest BCUT2D eigenvalue weighted by molar-refractivity contribution is -0.384. The zero-order chi connectivity index (χ0) is 22.0. The SMILES string of the molecule is COc1cc2ncnc(N3CCN(c4ccc([N+](=O)[O-])cc4)CC3)c2c(OC)c1OC. The van der Waals surface area contributed by atoms with E-state index in [0.29, 0.717) is 22.8 Å². The van der Waals surface area contributed by atoms with Crippen LogP contribution in [0.5, 0.6) is 17.2 Å². The van der Waals surface area contributed by atoms with Gasteiger partial charge < -0.3 is 24.0 Å². The van der Waals surface area contributed by atoms with Crippen LogP contribution in [0.25, 0.3) is 10.9 Å². The van der Waals surface area contributed by atoms with Gasteiger partial charge in [0, 0.05) is 50.1 Å². The first-order chi connectivity index (χ1) is 15.1. The van der Waals surface area contributed by atoms with E-state index >= 15 is 0 Å². The summed E-state index contributed by atoms with van der Waals surface area (Å²) in [6.07, 6.45) is 1.53. The molecule has 0 N–H and O–H groups in total. The van der Waals surface area contributed by atoms with Crippen LogP contribution in [0, 0.1) is 10.1 Å². The van der Waals surface area contributed by atoms with E-state index in [0.717, 1.165) is 43.1 Å². The van der Waals surface area contributed by atoms with Crippen LogP contribution in [0.4, 0.5) is 17.2 Å². The molecule has 1 aliphatic heterocycles. The Balaban J connectivity index is 1.62. The molecule has 0 spiro atoms. The van der Waals surface area contributed by atoms with Gasteiger partial charge in [-0.05, 0) is 12.1 Å². The topological polar surface area (TPSA) is 103 Å². The number of aromatic nitrogens is 2. The summed E-state index contributed by atoms with van der Waals surface area (Å²) in [5, 5.41) is 11.6. The van der Waals surface area contributed by atoms with E-state index in [9.17, 15) is 10.1 Å². The van der Waals surface area contributed by atoms with Crippen molar-refractivity contribution in [3.8, 4) is 17.2 Å². The highest BCUT2D eigenvalue weighted by molar-refractivity contribution is 5.98. The van der Waals surface area contributed by atoms with Gasteiger partial charge in [-0.1, -0.05) is 0 Å². The van der Waals surface area contributed by atoms with Gasteiger partial charge in [0.15, 0.2) is 11.5 Å². The second kappa shape index (κ2) is 8.50. The number of rotatable bonds is 6. The van der Waals surface area contributed by atoms with Crippen LogP contribution in [0.2, 0.25) is 0 Å². The normalized spacial score (nSPS) is 13.9. The molecule has 4 rings (SSSR count). The minimum atomic E-state index is -0.390. The first-order valence-electron chi connectivity index (χ1n) is 9.75. The summed E-state index contributed by atoms with van der Waals surface area (Å²) < 4.78 is 16.6. The first-order valence-corrected chi connectivity index (χ1v) is 9.75. The number of hydrogen-bond acceptors (Lipinski definition) is 9. The Hall–Kier alpha value is -3.82. The summed E-state index contributed by atoms with van der Waals surface area (Å²) >= 11 is 0. The van der Waals surface area contributed by atoms with E-state index in [1.54, 1.807) is 33.5 Å². The molecule has 1 saturated heterocycles. The molecule has 2 heterocycles. The van der Waals surface area contributed by atoms with Crippen LogP contribution in [0.15, 0.2) is 36.7 Å². The highest BCUT2D eigenvalue weighted by Gasteiger charge is 2.25. The van der Waals surface area contributed by atoms with Crippen LogP contribution in [-0.2, 0) is 0 Å². The Bertz CT molecular complexity index is 1100. The lowest BCUT2D eigenvalue weighted by Gasteiger charge is -2.37. The summed E-state index contributed by atoms with van der Waals surface area (Å²) in [7, 11) is 4.72. The molecule has 0 aliphatic carbocycles. The predicted octanol–water partition coefficient (Wildman–Crippen LogP) is 2.89. The molecule has 10 heteroatoms. The van der Waals surface area contributed by atoms with Gasteiger partial charge in [0.2, 0.25) is 5.75 Å². The van der Waals surface area contributed by atoms with Crippen LogP contribution in [-0.4, -0.2) is 62.4 Å². The van der Waals surface area contributed by atoms with Crippen LogP contribution in [0.3, 0.4) is 0 Å².